The molecule has 5 aliphatic heterocycles. The van der Waals surface area contributed by atoms with Gasteiger partial charge in [0.25, 0.3) is 11.8 Å². The maximum atomic E-state index is 13.6. The lowest BCUT2D eigenvalue weighted by molar-refractivity contribution is -0.136. The monoisotopic (exact) mass is 1060 g/mol. The number of amides is 4. The van der Waals surface area contributed by atoms with Gasteiger partial charge in [0.15, 0.2) is 0 Å². The first-order chi connectivity index (χ1) is 34.7. The molecule has 1 atom stereocenters. The van der Waals surface area contributed by atoms with Crippen LogP contribution in [-0.2, 0) is 21.2 Å². The number of anilines is 6. The summed E-state index contributed by atoms with van der Waals surface area (Å²) in [7, 11) is 0.753. The summed E-state index contributed by atoms with van der Waals surface area (Å²) in [6, 6.07) is 13.1. The molecule has 72 heavy (non-hydrogen) atoms. The van der Waals surface area contributed by atoms with Gasteiger partial charge >= 0.3 is 0 Å². The van der Waals surface area contributed by atoms with Crippen molar-refractivity contribution in [2.75, 3.05) is 93.2 Å². The Bertz CT molecular complexity index is 3220. The van der Waals surface area contributed by atoms with E-state index in [0.717, 1.165) is 92.6 Å². The van der Waals surface area contributed by atoms with Crippen molar-refractivity contribution in [3.63, 3.8) is 0 Å². The van der Waals surface area contributed by atoms with Crippen molar-refractivity contribution in [3.8, 4) is 16.9 Å². The molecule has 4 fully saturated rings. The SMILES string of the molecule is COc1cc(N2CCN(C3CCN(C4CN(c5ccc6c(c5)C(=O)N(C5CCC(=O)NC5=O)C6=O)C4)CC3)CC2)c(-c2cnn(C)c2)cc1Nc1ncc(Br)c(Nc2ccc3nccnc3c2P(C)(C)=O)n1. The molecule has 6 aromatic rings. The van der Waals surface area contributed by atoms with Gasteiger partial charge in [0.05, 0.1) is 51.1 Å². The molecule has 0 bridgehead atoms. The average Bonchev–Trinajstić information content (AvgIpc) is 3.90. The number of fused-ring (bicyclic) bond motifs is 2. The van der Waals surface area contributed by atoms with Gasteiger partial charge in [-0.1, -0.05) is 0 Å². The van der Waals surface area contributed by atoms with Gasteiger partial charge in [0.1, 0.15) is 30.3 Å². The van der Waals surface area contributed by atoms with Crippen molar-refractivity contribution in [3.05, 3.63) is 89.0 Å². The highest BCUT2D eigenvalue weighted by molar-refractivity contribution is 9.10. The van der Waals surface area contributed by atoms with E-state index in [1.54, 1.807) is 55.8 Å². The lowest BCUT2D eigenvalue weighted by atomic mass is 9.97. The number of aryl methyl sites for hydroxylation is 1. The van der Waals surface area contributed by atoms with Crippen LogP contribution in [0.3, 0.4) is 0 Å². The maximum Gasteiger partial charge on any atom is 0.262 e. The molecule has 11 rings (SSSR count). The largest absolute Gasteiger partial charge is 0.494 e. The van der Waals surface area contributed by atoms with Gasteiger partial charge in [-0.3, -0.25) is 53.8 Å². The van der Waals surface area contributed by atoms with Crippen molar-refractivity contribution < 1.29 is 28.5 Å². The van der Waals surface area contributed by atoms with Crippen LogP contribution in [0.15, 0.2) is 77.9 Å². The summed E-state index contributed by atoms with van der Waals surface area (Å²) in [6.07, 6.45) is 11.2. The number of hydrogen-bond donors (Lipinski definition) is 3. The minimum atomic E-state index is -2.81. The molecule has 22 heteroatoms. The third-order valence-corrected chi connectivity index (χ3v) is 16.7. The number of likely N-dealkylation sites (tertiary alicyclic amines) is 1. The number of ether oxygens (including phenoxy) is 1. The predicted octanol–water partition coefficient (Wildman–Crippen LogP) is 5.20. The Balaban J connectivity index is 0.727. The zero-order valence-electron chi connectivity index (χ0n) is 40.3. The highest BCUT2D eigenvalue weighted by Crippen LogP contribution is 2.43. The Morgan fingerprint density at radius 3 is 2.25 bits per heavy atom. The van der Waals surface area contributed by atoms with Gasteiger partial charge in [0, 0.05) is 131 Å². The number of imide groups is 2. The van der Waals surface area contributed by atoms with E-state index in [1.807, 2.05) is 37.6 Å². The molecular formula is C50H54BrN14O6P. The van der Waals surface area contributed by atoms with E-state index in [9.17, 15) is 23.7 Å². The van der Waals surface area contributed by atoms with E-state index in [2.05, 4.69) is 83.7 Å². The molecule has 0 spiro atoms. The molecule has 372 valence electrons. The van der Waals surface area contributed by atoms with Crippen LogP contribution in [0, 0.1) is 0 Å². The number of rotatable bonds is 12. The standard InChI is InChI=1S/C50H54BrN14O6P/c1-60-26-29(24-55-60)34-22-39(57-50-54-25-36(51)46(59-50)56-38-8-7-37-44(53-14-13-52-37)45(38)72(3,4)70)42(71-2)23-41(34)63-19-17-62(18-20-63)30-11-15-61(16-12-30)32-27-64(28-32)31-5-6-33-35(21-31)49(69)65(48(33)68)40-9-10-43(66)58-47(40)67/h5-8,13-14,21-26,30,32,40H,9-12,15-20,27-28H2,1-4H3,(H,58,66,67)(H2,54,56,57,59). The summed E-state index contributed by atoms with van der Waals surface area (Å²) in [4.78, 5) is 80.2. The van der Waals surface area contributed by atoms with E-state index in [-0.39, 0.29) is 12.8 Å². The summed E-state index contributed by atoms with van der Waals surface area (Å²) < 4.78 is 22.1. The second kappa shape index (κ2) is 19.0. The summed E-state index contributed by atoms with van der Waals surface area (Å²) in [5.41, 5.74) is 7.03. The molecule has 3 aromatic carbocycles. The van der Waals surface area contributed by atoms with E-state index in [0.29, 0.717) is 72.9 Å². The Morgan fingerprint density at radius 2 is 1.53 bits per heavy atom. The minimum absolute atomic E-state index is 0.0869. The highest BCUT2D eigenvalue weighted by atomic mass is 79.9. The number of nitrogens with one attached hydrogen (secondary N) is 3. The van der Waals surface area contributed by atoms with Crippen molar-refractivity contribution in [2.24, 2.45) is 7.05 Å². The number of piperazine rings is 1. The molecule has 3 aromatic heterocycles. The van der Waals surface area contributed by atoms with Crippen LogP contribution in [0.2, 0.25) is 0 Å². The van der Waals surface area contributed by atoms with Crippen molar-refractivity contribution in [2.45, 2.75) is 43.8 Å². The van der Waals surface area contributed by atoms with Crippen molar-refractivity contribution >= 4 is 97.6 Å². The first-order valence-electron chi connectivity index (χ1n) is 24.1. The number of carbonyl (C=O) groups is 4. The van der Waals surface area contributed by atoms with Crippen LogP contribution < -0.4 is 35.8 Å². The number of carbonyl (C=O) groups excluding carboxylic acids is 4. The fraction of sp³-hybridized carbons (Fsp3) is 0.380. The summed E-state index contributed by atoms with van der Waals surface area (Å²) >= 11 is 3.61. The van der Waals surface area contributed by atoms with Crippen LogP contribution in [0.1, 0.15) is 46.4 Å². The highest BCUT2D eigenvalue weighted by Gasteiger charge is 2.45. The number of methoxy groups -OCH3 is 1. The van der Waals surface area contributed by atoms with E-state index in [4.69, 9.17) is 9.72 Å². The third-order valence-electron chi connectivity index (χ3n) is 14.6. The third kappa shape index (κ3) is 8.96. The van der Waals surface area contributed by atoms with Gasteiger partial charge in [-0.2, -0.15) is 10.1 Å². The number of piperidine rings is 2. The first-order valence-corrected chi connectivity index (χ1v) is 27.5. The minimum Gasteiger partial charge on any atom is -0.494 e. The van der Waals surface area contributed by atoms with Crippen LogP contribution in [0.5, 0.6) is 5.75 Å². The molecule has 5 aliphatic rings. The zero-order chi connectivity index (χ0) is 50.0. The smallest absolute Gasteiger partial charge is 0.262 e. The normalized spacial score (nSPS) is 19.5. The van der Waals surface area contributed by atoms with Crippen LogP contribution in [0.25, 0.3) is 22.2 Å². The fourth-order valence-electron chi connectivity index (χ4n) is 10.8. The molecule has 3 N–H and O–H groups in total. The van der Waals surface area contributed by atoms with Crippen LogP contribution >= 0.6 is 23.1 Å². The van der Waals surface area contributed by atoms with Gasteiger partial charge in [0.2, 0.25) is 17.8 Å². The van der Waals surface area contributed by atoms with Gasteiger partial charge in [-0.25, -0.2) is 4.98 Å². The molecule has 1 unspecified atom stereocenters. The quantitative estimate of drug-likeness (QED) is 0.106. The van der Waals surface area contributed by atoms with E-state index < -0.39 is 36.8 Å². The maximum absolute atomic E-state index is 13.6. The first kappa shape index (κ1) is 47.5. The molecule has 4 amide bonds. The van der Waals surface area contributed by atoms with E-state index in [1.165, 1.54) is 0 Å². The Hall–Kier alpha value is -6.80. The van der Waals surface area contributed by atoms with Crippen molar-refractivity contribution in [1.29, 1.82) is 0 Å². The summed E-state index contributed by atoms with van der Waals surface area (Å²) in [5, 5.41) is 14.2. The number of aromatic nitrogens is 6. The molecule has 0 aliphatic carbocycles. The predicted molar refractivity (Wildman–Crippen MR) is 278 cm³/mol. The Kier molecular flexibility index (Phi) is 12.5. The second-order valence-electron chi connectivity index (χ2n) is 19.4. The second-order valence-corrected chi connectivity index (χ2v) is 23.4. The van der Waals surface area contributed by atoms with Crippen LogP contribution in [0.4, 0.5) is 34.5 Å². The van der Waals surface area contributed by atoms with Gasteiger partial charge < -0.3 is 29.7 Å². The van der Waals surface area contributed by atoms with Crippen molar-refractivity contribution in [1.82, 2.24) is 49.7 Å². The summed E-state index contributed by atoms with van der Waals surface area (Å²) in [6.45, 7) is 10.7. The number of halogens is 1. The topological polar surface area (TPSA) is 216 Å². The average molecular weight is 1060 g/mol. The molecule has 20 nitrogen and oxygen atoms in total. The molecule has 0 saturated carbocycles. The fourth-order valence-corrected chi connectivity index (χ4v) is 12.5. The van der Waals surface area contributed by atoms with Gasteiger partial charge in [-0.15, -0.1) is 0 Å². The molecule has 0 radical (unpaired) electrons. The number of hydrogen-bond acceptors (Lipinski definition) is 17. The Morgan fingerprint density at radius 1 is 0.778 bits per heavy atom. The number of nitrogens with zero attached hydrogens (tertiary/aromatic N) is 11. The van der Waals surface area contributed by atoms with Crippen LogP contribution in [-0.4, -0.2) is 159 Å². The Labute approximate surface area is 424 Å². The molecule has 8 heterocycles. The summed E-state index contributed by atoms with van der Waals surface area (Å²) in [5.74, 6) is -0.547. The zero-order valence-corrected chi connectivity index (χ0v) is 42.8. The molecular weight excluding hydrogens is 1000 g/mol. The van der Waals surface area contributed by atoms with E-state index >= 15 is 0 Å². The number of benzene rings is 3. The lowest BCUT2D eigenvalue weighted by Crippen LogP contribution is -2.62. The molecule has 4 saturated heterocycles. The van der Waals surface area contributed by atoms with Gasteiger partial charge in [-0.05, 0) is 84.9 Å². The lowest BCUT2D eigenvalue weighted by Gasteiger charge is -2.50.